The molecule has 8 heteroatoms. The third-order valence-electron chi connectivity index (χ3n) is 4.62. The predicted molar refractivity (Wildman–Crippen MR) is 76.2 cm³/mol. The number of H-pyrrole nitrogens is 2. The van der Waals surface area contributed by atoms with Crippen molar-refractivity contribution in [3.8, 4) is 0 Å². The zero-order valence-electron chi connectivity index (χ0n) is 12.4. The molecule has 2 N–H and O–H groups in total. The lowest BCUT2D eigenvalue weighted by atomic mass is 10.1. The van der Waals surface area contributed by atoms with Gasteiger partial charge in [-0.2, -0.15) is 10.2 Å². The number of amides is 1. The molecule has 4 rings (SSSR count). The van der Waals surface area contributed by atoms with Crippen molar-refractivity contribution < 1.29 is 9.53 Å². The highest BCUT2D eigenvalue weighted by atomic mass is 16.5. The van der Waals surface area contributed by atoms with Crippen molar-refractivity contribution in [1.82, 2.24) is 30.3 Å². The van der Waals surface area contributed by atoms with E-state index in [4.69, 9.17) is 4.74 Å². The third-order valence-corrected chi connectivity index (χ3v) is 4.62. The Kier molecular flexibility index (Phi) is 3.18. The number of methoxy groups -OCH3 is 1. The summed E-state index contributed by atoms with van der Waals surface area (Å²) in [7, 11) is 1.67. The Morgan fingerprint density at radius 3 is 3.09 bits per heavy atom. The molecule has 0 spiro atoms. The molecule has 1 fully saturated rings. The smallest absolute Gasteiger partial charge is 0.275 e. The number of ether oxygens (including phenoxy) is 1. The van der Waals surface area contributed by atoms with Crippen LogP contribution in [0, 0.1) is 0 Å². The number of aromatic nitrogens is 5. The molecule has 1 aliphatic carbocycles. The lowest BCUT2D eigenvalue weighted by Gasteiger charge is -2.22. The van der Waals surface area contributed by atoms with Crippen LogP contribution in [-0.4, -0.2) is 55.9 Å². The molecule has 8 nitrogen and oxygen atoms in total. The monoisotopic (exact) mass is 302 g/mol. The molecule has 116 valence electrons. The summed E-state index contributed by atoms with van der Waals surface area (Å²) in [6, 6.07) is -0.145. The maximum Gasteiger partial charge on any atom is 0.275 e. The number of hydrogen-bond donors (Lipinski definition) is 2. The molecule has 2 atom stereocenters. The van der Waals surface area contributed by atoms with Gasteiger partial charge in [0.25, 0.3) is 5.91 Å². The number of aromatic amines is 2. The van der Waals surface area contributed by atoms with Crippen LogP contribution < -0.4 is 0 Å². The van der Waals surface area contributed by atoms with Crippen LogP contribution >= 0.6 is 0 Å². The van der Waals surface area contributed by atoms with E-state index in [1.165, 1.54) is 6.33 Å². The number of nitrogens with one attached hydrogen (secondary N) is 2. The normalized spacial score (nSPS) is 24.0. The van der Waals surface area contributed by atoms with E-state index in [0.29, 0.717) is 24.5 Å². The molecule has 3 heterocycles. The number of aryl methyl sites for hydroxylation is 1. The molecule has 0 unspecified atom stereocenters. The zero-order valence-corrected chi connectivity index (χ0v) is 12.4. The van der Waals surface area contributed by atoms with E-state index < -0.39 is 0 Å². The van der Waals surface area contributed by atoms with Crippen LogP contribution in [0.5, 0.6) is 0 Å². The van der Waals surface area contributed by atoms with Crippen molar-refractivity contribution in [1.29, 1.82) is 0 Å². The SMILES string of the molecule is CO[C@@H]1C[C@@H](c2ncn[nH]2)N(C(=O)c2n[nH]c3c2CCC3)C1. The lowest BCUT2D eigenvalue weighted by molar-refractivity contribution is 0.0677. The van der Waals surface area contributed by atoms with Crippen LogP contribution in [0.15, 0.2) is 6.33 Å². The van der Waals surface area contributed by atoms with Gasteiger partial charge in [0.05, 0.1) is 12.1 Å². The Bertz CT molecular complexity index is 680. The van der Waals surface area contributed by atoms with Crippen molar-refractivity contribution in [2.75, 3.05) is 13.7 Å². The molecule has 2 aliphatic rings. The molecule has 1 saturated heterocycles. The number of likely N-dealkylation sites (tertiary alicyclic amines) is 1. The maximum absolute atomic E-state index is 13.0. The van der Waals surface area contributed by atoms with E-state index in [9.17, 15) is 4.79 Å². The summed E-state index contributed by atoms with van der Waals surface area (Å²) in [6.07, 6.45) is 5.15. The van der Waals surface area contributed by atoms with Crippen LogP contribution in [0.4, 0.5) is 0 Å². The largest absolute Gasteiger partial charge is 0.380 e. The fourth-order valence-corrected chi connectivity index (χ4v) is 3.46. The number of carbonyl (C=O) groups excluding carboxylic acids is 1. The van der Waals surface area contributed by atoms with Gasteiger partial charge >= 0.3 is 0 Å². The second-order valence-corrected chi connectivity index (χ2v) is 5.82. The Morgan fingerprint density at radius 1 is 1.41 bits per heavy atom. The topological polar surface area (TPSA) is 99.8 Å². The van der Waals surface area contributed by atoms with Crippen molar-refractivity contribution in [2.24, 2.45) is 0 Å². The van der Waals surface area contributed by atoms with Gasteiger partial charge in [0, 0.05) is 31.3 Å². The van der Waals surface area contributed by atoms with Crippen molar-refractivity contribution in [3.05, 3.63) is 29.1 Å². The van der Waals surface area contributed by atoms with Crippen LogP contribution in [0.25, 0.3) is 0 Å². The van der Waals surface area contributed by atoms with E-state index in [0.717, 1.165) is 30.5 Å². The van der Waals surface area contributed by atoms with Gasteiger partial charge < -0.3 is 9.64 Å². The van der Waals surface area contributed by atoms with E-state index >= 15 is 0 Å². The van der Waals surface area contributed by atoms with Crippen LogP contribution in [-0.2, 0) is 17.6 Å². The molecule has 0 aromatic carbocycles. The number of carbonyl (C=O) groups is 1. The molecule has 2 aromatic heterocycles. The van der Waals surface area contributed by atoms with Gasteiger partial charge in [-0.05, 0) is 19.3 Å². The summed E-state index contributed by atoms with van der Waals surface area (Å²) in [5, 5.41) is 14.0. The first kappa shape index (κ1) is 13.4. The third kappa shape index (κ3) is 2.02. The Balaban J connectivity index is 1.65. The first-order valence-corrected chi connectivity index (χ1v) is 7.53. The zero-order chi connectivity index (χ0) is 15.1. The van der Waals surface area contributed by atoms with Crippen LogP contribution in [0.1, 0.15) is 46.5 Å². The first-order chi connectivity index (χ1) is 10.8. The van der Waals surface area contributed by atoms with Gasteiger partial charge in [0.1, 0.15) is 12.2 Å². The molecule has 0 bridgehead atoms. The molecular weight excluding hydrogens is 284 g/mol. The number of nitrogens with zero attached hydrogens (tertiary/aromatic N) is 4. The van der Waals surface area contributed by atoms with Gasteiger partial charge in [0.2, 0.25) is 0 Å². The maximum atomic E-state index is 13.0. The average Bonchev–Trinajstić information content (AvgIpc) is 3.26. The average molecular weight is 302 g/mol. The highest BCUT2D eigenvalue weighted by Crippen LogP contribution is 2.33. The van der Waals surface area contributed by atoms with Crippen molar-refractivity contribution in [3.63, 3.8) is 0 Å². The summed E-state index contributed by atoms with van der Waals surface area (Å²) in [5.74, 6) is 0.639. The van der Waals surface area contributed by atoms with Crippen molar-refractivity contribution >= 4 is 5.91 Å². The Hall–Kier alpha value is -2.22. The molecule has 1 aliphatic heterocycles. The molecule has 0 saturated carbocycles. The van der Waals surface area contributed by atoms with Gasteiger partial charge in [-0.15, -0.1) is 0 Å². The standard InChI is InChI=1S/C14H18N6O2/c1-22-8-5-11(13-15-7-16-19-13)20(6-8)14(21)12-9-3-2-4-10(9)17-18-12/h7-8,11H,2-6H2,1H3,(H,17,18)(H,15,16,19)/t8-,11+/m1/s1. The lowest BCUT2D eigenvalue weighted by Crippen LogP contribution is -2.33. The number of rotatable bonds is 3. The minimum atomic E-state index is -0.145. The van der Waals surface area contributed by atoms with E-state index in [2.05, 4.69) is 25.4 Å². The second-order valence-electron chi connectivity index (χ2n) is 5.82. The highest BCUT2D eigenvalue weighted by molar-refractivity contribution is 5.94. The first-order valence-electron chi connectivity index (χ1n) is 7.53. The summed E-state index contributed by atoms with van der Waals surface area (Å²) >= 11 is 0. The predicted octanol–water partition coefficient (Wildman–Crippen LogP) is 0.619. The number of fused-ring (bicyclic) bond motifs is 1. The minimum absolute atomic E-state index is 0.00559. The fourth-order valence-electron chi connectivity index (χ4n) is 3.46. The molecule has 0 radical (unpaired) electrons. The molecule has 1 amide bonds. The van der Waals surface area contributed by atoms with E-state index in [1.807, 2.05) is 0 Å². The summed E-state index contributed by atoms with van der Waals surface area (Å²) in [5.41, 5.74) is 2.72. The minimum Gasteiger partial charge on any atom is -0.380 e. The van der Waals surface area contributed by atoms with Crippen LogP contribution in [0.2, 0.25) is 0 Å². The second kappa shape index (κ2) is 5.20. The van der Waals surface area contributed by atoms with Gasteiger partial charge in [0.15, 0.2) is 5.69 Å². The molecular formula is C14H18N6O2. The molecule has 22 heavy (non-hydrogen) atoms. The van der Waals surface area contributed by atoms with Gasteiger partial charge in [-0.1, -0.05) is 0 Å². The highest BCUT2D eigenvalue weighted by Gasteiger charge is 2.40. The Morgan fingerprint density at radius 2 is 2.32 bits per heavy atom. The summed E-state index contributed by atoms with van der Waals surface area (Å²) in [4.78, 5) is 19.0. The fraction of sp³-hybridized carbons (Fsp3) is 0.571. The molecule has 2 aromatic rings. The Labute approximate surface area is 127 Å². The van der Waals surface area contributed by atoms with Gasteiger partial charge in [-0.3, -0.25) is 15.0 Å². The summed E-state index contributed by atoms with van der Waals surface area (Å²) in [6.45, 7) is 0.544. The quantitative estimate of drug-likeness (QED) is 0.865. The van der Waals surface area contributed by atoms with Gasteiger partial charge in [-0.25, -0.2) is 4.98 Å². The van der Waals surface area contributed by atoms with Crippen molar-refractivity contribution in [2.45, 2.75) is 37.8 Å². The number of hydrogen-bond acceptors (Lipinski definition) is 5. The van der Waals surface area contributed by atoms with E-state index in [1.54, 1.807) is 12.0 Å². The van der Waals surface area contributed by atoms with Crippen LogP contribution in [0.3, 0.4) is 0 Å². The van der Waals surface area contributed by atoms with E-state index in [-0.39, 0.29) is 18.1 Å². The summed E-state index contributed by atoms with van der Waals surface area (Å²) < 4.78 is 5.45.